The maximum atomic E-state index is 5.62. The molecule has 2 aromatic rings. The van der Waals surface area contributed by atoms with Gasteiger partial charge in [-0.1, -0.05) is 12.2 Å². The van der Waals surface area contributed by atoms with Crippen molar-refractivity contribution in [3.63, 3.8) is 0 Å². The van der Waals surface area contributed by atoms with Crippen LogP contribution in [-0.2, 0) is 6.54 Å². The second-order valence-electron chi connectivity index (χ2n) is 3.87. The zero-order valence-corrected chi connectivity index (χ0v) is 11.0. The molecule has 94 valence electrons. The minimum Gasteiger partial charge on any atom is -0.444 e. The number of thiocarbonyl (C=S) groups is 1. The number of hydrogen-bond acceptors (Lipinski definition) is 5. The number of pyridine rings is 1. The number of nitrogens with two attached hydrogens (primary N) is 1. The number of aryl methyl sites for hydroxylation is 2. The molecule has 2 aromatic heterocycles. The Morgan fingerprint density at radius 3 is 2.89 bits per heavy atom. The van der Waals surface area contributed by atoms with Crippen molar-refractivity contribution in [1.29, 1.82) is 0 Å². The van der Waals surface area contributed by atoms with E-state index in [4.69, 9.17) is 22.4 Å². The van der Waals surface area contributed by atoms with Crippen molar-refractivity contribution in [3.05, 3.63) is 41.2 Å². The molecule has 0 aromatic carbocycles. The maximum absolute atomic E-state index is 5.62. The number of aromatic nitrogens is 2. The van der Waals surface area contributed by atoms with E-state index in [-0.39, 0.29) is 0 Å². The first-order valence-electron chi connectivity index (χ1n) is 5.49. The number of hydrogen-bond donors (Lipinski definition) is 2. The molecule has 18 heavy (non-hydrogen) atoms. The SMILES string of the molecule is Cc1nc(CNc2ncccc2C(N)=S)oc1C. The molecule has 0 aliphatic heterocycles. The van der Waals surface area contributed by atoms with Crippen LogP contribution in [0.5, 0.6) is 0 Å². The molecule has 0 aliphatic carbocycles. The fraction of sp³-hybridized carbons (Fsp3) is 0.250. The third-order valence-corrected chi connectivity index (χ3v) is 2.77. The lowest BCUT2D eigenvalue weighted by molar-refractivity contribution is 0.478. The average Bonchev–Trinajstić information content (AvgIpc) is 2.66. The summed E-state index contributed by atoms with van der Waals surface area (Å²) in [5.41, 5.74) is 7.23. The predicted octanol–water partition coefficient (Wildman–Crippen LogP) is 1.93. The highest BCUT2D eigenvalue weighted by atomic mass is 32.1. The highest BCUT2D eigenvalue weighted by Crippen LogP contribution is 2.14. The monoisotopic (exact) mass is 262 g/mol. The Bertz CT molecular complexity index is 560. The lowest BCUT2D eigenvalue weighted by Crippen LogP contribution is -2.14. The average molecular weight is 262 g/mol. The summed E-state index contributed by atoms with van der Waals surface area (Å²) in [4.78, 5) is 8.79. The third kappa shape index (κ3) is 2.65. The summed E-state index contributed by atoms with van der Waals surface area (Å²) >= 11 is 4.96. The Balaban J connectivity index is 2.13. The summed E-state index contributed by atoms with van der Waals surface area (Å²) < 4.78 is 5.47. The van der Waals surface area contributed by atoms with Gasteiger partial charge >= 0.3 is 0 Å². The van der Waals surface area contributed by atoms with Gasteiger partial charge in [0.15, 0.2) is 0 Å². The molecule has 0 aliphatic rings. The molecule has 0 radical (unpaired) electrons. The maximum Gasteiger partial charge on any atom is 0.213 e. The third-order valence-electron chi connectivity index (χ3n) is 2.55. The number of anilines is 1. The van der Waals surface area contributed by atoms with Crippen LogP contribution in [0.2, 0.25) is 0 Å². The minimum absolute atomic E-state index is 0.311. The lowest BCUT2D eigenvalue weighted by Gasteiger charge is -2.07. The van der Waals surface area contributed by atoms with Crippen molar-refractivity contribution in [3.8, 4) is 0 Å². The first-order valence-corrected chi connectivity index (χ1v) is 5.90. The largest absolute Gasteiger partial charge is 0.444 e. The molecule has 6 heteroatoms. The van der Waals surface area contributed by atoms with E-state index in [1.165, 1.54) is 0 Å². The first-order chi connectivity index (χ1) is 8.58. The van der Waals surface area contributed by atoms with E-state index in [2.05, 4.69) is 15.3 Å². The van der Waals surface area contributed by atoms with Crippen LogP contribution in [0.4, 0.5) is 5.82 Å². The van der Waals surface area contributed by atoms with Crippen LogP contribution in [0.1, 0.15) is 22.9 Å². The Kier molecular flexibility index (Phi) is 3.57. The molecular weight excluding hydrogens is 248 g/mol. The van der Waals surface area contributed by atoms with Crippen molar-refractivity contribution in [2.75, 3.05) is 5.32 Å². The molecule has 0 fully saturated rings. The topological polar surface area (TPSA) is 77.0 Å². The van der Waals surface area contributed by atoms with Gasteiger partial charge in [0, 0.05) is 6.20 Å². The van der Waals surface area contributed by atoms with E-state index in [1.54, 1.807) is 12.3 Å². The van der Waals surface area contributed by atoms with Gasteiger partial charge in [-0.05, 0) is 26.0 Å². The Hall–Kier alpha value is -1.95. The minimum atomic E-state index is 0.311. The van der Waals surface area contributed by atoms with E-state index in [1.807, 2.05) is 19.9 Å². The molecule has 0 saturated heterocycles. The number of nitrogens with zero attached hydrogens (tertiary/aromatic N) is 2. The smallest absolute Gasteiger partial charge is 0.213 e. The molecule has 0 spiro atoms. The van der Waals surface area contributed by atoms with Gasteiger partial charge in [-0.2, -0.15) is 0 Å². The molecule has 0 bridgehead atoms. The van der Waals surface area contributed by atoms with Crippen molar-refractivity contribution in [1.82, 2.24) is 9.97 Å². The van der Waals surface area contributed by atoms with Gasteiger partial charge in [-0.15, -0.1) is 0 Å². The fourth-order valence-corrected chi connectivity index (χ4v) is 1.68. The number of nitrogens with one attached hydrogen (secondary N) is 1. The van der Waals surface area contributed by atoms with Gasteiger partial charge in [-0.25, -0.2) is 9.97 Å². The second-order valence-corrected chi connectivity index (χ2v) is 4.31. The lowest BCUT2D eigenvalue weighted by atomic mass is 10.2. The summed E-state index contributed by atoms with van der Waals surface area (Å²) in [5.74, 6) is 2.07. The van der Waals surface area contributed by atoms with Crippen LogP contribution in [0, 0.1) is 13.8 Å². The molecule has 3 N–H and O–H groups in total. The van der Waals surface area contributed by atoms with Crippen molar-refractivity contribution >= 4 is 23.0 Å². The van der Waals surface area contributed by atoms with Crippen molar-refractivity contribution in [2.24, 2.45) is 5.73 Å². The molecule has 0 amide bonds. The van der Waals surface area contributed by atoms with Gasteiger partial charge in [0.05, 0.1) is 17.8 Å². The highest BCUT2D eigenvalue weighted by molar-refractivity contribution is 7.80. The first kappa shape index (κ1) is 12.5. The Morgan fingerprint density at radius 2 is 2.28 bits per heavy atom. The van der Waals surface area contributed by atoms with Gasteiger partial charge in [0.1, 0.15) is 16.6 Å². The van der Waals surface area contributed by atoms with E-state index >= 15 is 0 Å². The molecule has 2 rings (SSSR count). The Labute approximate surface area is 110 Å². The number of rotatable bonds is 4. The van der Waals surface area contributed by atoms with Crippen LogP contribution in [-0.4, -0.2) is 15.0 Å². The van der Waals surface area contributed by atoms with E-state index in [9.17, 15) is 0 Å². The molecule has 2 heterocycles. The van der Waals surface area contributed by atoms with Crippen LogP contribution in [0.25, 0.3) is 0 Å². The molecule has 0 atom stereocenters. The van der Waals surface area contributed by atoms with Gasteiger partial charge in [0.2, 0.25) is 5.89 Å². The van der Waals surface area contributed by atoms with Crippen LogP contribution in [0.15, 0.2) is 22.7 Å². The molecule has 5 nitrogen and oxygen atoms in total. The zero-order chi connectivity index (χ0) is 13.1. The molecule has 0 unspecified atom stereocenters. The normalized spacial score (nSPS) is 10.3. The summed E-state index contributed by atoms with van der Waals surface area (Å²) in [6.07, 6.45) is 1.68. The van der Waals surface area contributed by atoms with Crippen LogP contribution < -0.4 is 11.1 Å². The summed E-state index contributed by atoms with van der Waals surface area (Å²) in [6.45, 7) is 4.23. The fourth-order valence-electron chi connectivity index (χ4n) is 1.52. The van der Waals surface area contributed by atoms with E-state index < -0.39 is 0 Å². The van der Waals surface area contributed by atoms with E-state index in [0.717, 1.165) is 11.5 Å². The van der Waals surface area contributed by atoms with Gasteiger partial charge < -0.3 is 15.5 Å². The molecular formula is C12H14N4OS. The summed E-state index contributed by atoms with van der Waals surface area (Å²) in [7, 11) is 0. The summed E-state index contributed by atoms with van der Waals surface area (Å²) in [6, 6.07) is 3.61. The Morgan fingerprint density at radius 1 is 1.50 bits per heavy atom. The van der Waals surface area contributed by atoms with Crippen LogP contribution >= 0.6 is 12.2 Å². The number of oxazole rings is 1. The van der Waals surface area contributed by atoms with Crippen molar-refractivity contribution in [2.45, 2.75) is 20.4 Å². The quantitative estimate of drug-likeness (QED) is 0.820. The highest BCUT2D eigenvalue weighted by Gasteiger charge is 2.08. The molecule has 0 saturated carbocycles. The zero-order valence-electron chi connectivity index (χ0n) is 10.2. The predicted molar refractivity (Wildman–Crippen MR) is 73.4 cm³/mol. The van der Waals surface area contributed by atoms with Crippen LogP contribution in [0.3, 0.4) is 0 Å². The summed E-state index contributed by atoms with van der Waals surface area (Å²) in [5, 5.41) is 3.12. The standard InChI is InChI=1S/C12H14N4OS/c1-7-8(2)17-10(16-7)6-15-12-9(11(13)18)4-3-5-14-12/h3-5H,6H2,1-2H3,(H2,13,18)(H,14,15). The van der Waals surface area contributed by atoms with Gasteiger partial charge in [0.25, 0.3) is 0 Å². The van der Waals surface area contributed by atoms with E-state index in [0.29, 0.717) is 28.8 Å². The van der Waals surface area contributed by atoms with Gasteiger partial charge in [-0.3, -0.25) is 0 Å². The van der Waals surface area contributed by atoms with Crippen molar-refractivity contribution < 1.29 is 4.42 Å². The second kappa shape index (κ2) is 5.14.